The average Bonchev–Trinajstić information content (AvgIpc) is 2.88. The van der Waals surface area contributed by atoms with Crippen molar-refractivity contribution in [2.24, 2.45) is 0 Å². The van der Waals surface area contributed by atoms with Crippen molar-refractivity contribution < 1.29 is 22.7 Å². The van der Waals surface area contributed by atoms with Gasteiger partial charge < -0.3 is 14.8 Å². The maximum absolute atomic E-state index is 11.6. The van der Waals surface area contributed by atoms with Crippen LogP contribution >= 0.6 is 0 Å². The van der Waals surface area contributed by atoms with E-state index in [1.165, 1.54) is 19.2 Å². The number of hydrogen-bond acceptors (Lipinski definition) is 5. The van der Waals surface area contributed by atoms with E-state index in [-0.39, 0.29) is 17.5 Å². The minimum absolute atomic E-state index is 0.0454. The van der Waals surface area contributed by atoms with Crippen LogP contribution in [0.1, 0.15) is 29.8 Å². The van der Waals surface area contributed by atoms with Crippen molar-refractivity contribution in [3.63, 3.8) is 0 Å². The van der Waals surface area contributed by atoms with Crippen molar-refractivity contribution in [3.05, 3.63) is 17.9 Å². The molecule has 0 spiro atoms. The number of furan rings is 1. The Kier molecular flexibility index (Phi) is 6.00. The van der Waals surface area contributed by atoms with E-state index in [4.69, 9.17) is 9.52 Å². The first kappa shape index (κ1) is 15.7. The maximum atomic E-state index is 11.6. The van der Waals surface area contributed by atoms with Gasteiger partial charge in [-0.05, 0) is 38.4 Å². The molecule has 0 aliphatic carbocycles. The fraction of sp³-hybridized carbons (Fsp3) is 0.545. The Morgan fingerprint density at radius 1 is 1.32 bits per heavy atom. The molecule has 1 rings (SSSR count). The Hall–Kier alpha value is -1.38. The summed E-state index contributed by atoms with van der Waals surface area (Å²) in [5, 5.41) is 10.9. The van der Waals surface area contributed by atoms with Gasteiger partial charge in [-0.3, -0.25) is 4.79 Å². The average molecular weight is 290 g/mol. The van der Waals surface area contributed by atoms with Crippen molar-refractivity contribution in [2.75, 3.05) is 20.2 Å². The molecule has 0 aliphatic rings. The van der Waals surface area contributed by atoms with E-state index >= 15 is 0 Å². The van der Waals surface area contributed by atoms with E-state index in [9.17, 15) is 13.2 Å². The molecule has 7 nitrogen and oxygen atoms in total. The van der Waals surface area contributed by atoms with Crippen LogP contribution in [0.4, 0.5) is 0 Å². The van der Waals surface area contributed by atoms with Crippen molar-refractivity contribution >= 4 is 15.9 Å². The van der Waals surface area contributed by atoms with Gasteiger partial charge in [0.25, 0.3) is 15.9 Å². The van der Waals surface area contributed by atoms with Crippen LogP contribution in [-0.2, 0) is 10.0 Å². The molecule has 19 heavy (non-hydrogen) atoms. The SMILES string of the molecule is CNS(=O)(=O)c1ccc(C(=O)NCCCCCO)o1. The summed E-state index contributed by atoms with van der Waals surface area (Å²) < 4.78 is 29.9. The maximum Gasteiger partial charge on any atom is 0.287 e. The molecule has 1 amide bonds. The summed E-state index contributed by atoms with van der Waals surface area (Å²) in [6.07, 6.45) is 2.25. The molecule has 1 aromatic heterocycles. The predicted molar refractivity (Wildman–Crippen MR) is 68.2 cm³/mol. The van der Waals surface area contributed by atoms with Gasteiger partial charge in [-0.25, -0.2) is 13.1 Å². The van der Waals surface area contributed by atoms with Crippen molar-refractivity contribution in [1.29, 1.82) is 0 Å². The molecule has 0 unspecified atom stereocenters. The number of aliphatic hydroxyl groups excluding tert-OH is 1. The Morgan fingerprint density at radius 3 is 2.68 bits per heavy atom. The first-order valence-corrected chi connectivity index (χ1v) is 7.42. The van der Waals surface area contributed by atoms with Gasteiger partial charge in [0.05, 0.1) is 0 Å². The van der Waals surface area contributed by atoms with Gasteiger partial charge in [-0.2, -0.15) is 0 Å². The minimum Gasteiger partial charge on any atom is -0.438 e. The Balaban J connectivity index is 2.50. The van der Waals surface area contributed by atoms with Crippen molar-refractivity contribution in [1.82, 2.24) is 10.0 Å². The second-order valence-electron chi connectivity index (χ2n) is 3.87. The second-order valence-corrected chi connectivity index (χ2v) is 5.68. The fourth-order valence-corrected chi connectivity index (χ4v) is 2.04. The van der Waals surface area contributed by atoms with Crippen molar-refractivity contribution in [3.8, 4) is 0 Å². The van der Waals surface area contributed by atoms with Gasteiger partial charge in [0.2, 0.25) is 5.09 Å². The van der Waals surface area contributed by atoms with E-state index in [2.05, 4.69) is 10.0 Å². The molecule has 0 aliphatic heterocycles. The summed E-state index contributed by atoms with van der Waals surface area (Å²) >= 11 is 0. The first-order chi connectivity index (χ1) is 9.01. The van der Waals surface area contributed by atoms with Gasteiger partial charge in [0.1, 0.15) is 0 Å². The molecule has 0 saturated carbocycles. The highest BCUT2D eigenvalue weighted by Crippen LogP contribution is 2.13. The van der Waals surface area contributed by atoms with E-state index in [1.807, 2.05) is 0 Å². The zero-order valence-corrected chi connectivity index (χ0v) is 11.5. The number of carbonyl (C=O) groups excluding carboxylic acids is 1. The van der Waals surface area contributed by atoms with E-state index in [0.717, 1.165) is 12.8 Å². The number of amides is 1. The van der Waals surface area contributed by atoms with Crippen LogP contribution in [0.25, 0.3) is 0 Å². The molecule has 0 radical (unpaired) electrons. The zero-order chi connectivity index (χ0) is 14.3. The summed E-state index contributed by atoms with van der Waals surface area (Å²) in [6, 6.07) is 2.54. The number of sulfonamides is 1. The van der Waals surface area contributed by atoms with E-state index in [0.29, 0.717) is 13.0 Å². The predicted octanol–water partition coefficient (Wildman–Crippen LogP) is 0.0801. The normalized spacial score (nSPS) is 11.5. The Morgan fingerprint density at radius 2 is 2.05 bits per heavy atom. The molecule has 0 atom stereocenters. The molecule has 1 aromatic rings. The third kappa shape index (κ3) is 4.66. The van der Waals surface area contributed by atoms with Gasteiger partial charge in [0, 0.05) is 13.2 Å². The monoisotopic (exact) mass is 290 g/mol. The molecule has 1 heterocycles. The summed E-state index contributed by atoms with van der Waals surface area (Å²) in [7, 11) is -2.41. The second kappa shape index (κ2) is 7.27. The number of aliphatic hydroxyl groups is 1. The summed E-state index contributed by atoms with van der Waals surface area (Å²) in [4.78, 5) is 11.6. The minimum atomic E-state index is -3.67. The topological polar surface area (TPSA) is 109 Å². The number of carbonyl (C=O) groups is 1. The highest BCUT2D eigenvalue weighted by atomic mass is 32.2. The Labute approximate surface area is 112 Å². The van der Waals surface area contributed by atoms with Gasteiger partial charge >= 0.3 is 0 Å². The van der Waals surface area contributed by atoms with Crippen LogP contribution in [0, 0.1) is 0 Å². The van der Waals surface area contributed by atoms with Gasteiger partial charge in [0.15, 0.2) is 5.76 Å². The smallest absolute Gasteiger partial charge is 0.287 e. The molecule has 0 aromatic carbocycles. The first-order valence-electron chi connectivity index (χ1n) is 5.93. The number of nitrogens with one attached hydrogen (secondary N) is 2. The third-order valence-electron chi connectivity index (χ3n) is 2.46. The Bertz CT molecular complexity index is 509. The number of rotatable bonds is 8. The largest absolute Gasteiger partial charge is 0.438 e. The standard InChI is InChI=1S/C11H18N2O5S/c1-12-19(16,17)10-6-5-9(18-10)11(15)13-7-3-2-4-8-14/h5-6,12,14H,2-4,7-8H2,1H3,(H,13,15). The van der Waals surface area contributed by atoms with Crippen LogP contribution < -0.4 is 10.0 Å². The summed E-state index contributed by atoms with van der Waals surface area (Å²) in [5.41, 5.74) is 0. The van der Waals surface area contributed by atoms with Crippen molar-refractivity contribution in [2.45, 2.75) is 24.4 Å². The lowest BCUT2D eigenvalue weighted by Crippen LogP contribution is -2.24. The molecule has 3 N–H and O–H groups in total. The van der Waals surface area contributed by atoms with Crippen LogP contribution in [0.3, 0.4) is 0 Å². The zero-order valence-electron chi connectivity index (χ0n) is 10.7. The van der Waals surface area contributed by atoms with Crippen LogP contribution in [0.15, 0.2) is 21.6 Å². The summed E-state index contributed by atoms with van der Waals surface area (Å²) in [5.74, 6) is -0.502. The van der Waals surface area contributed by atoms with Crippen LogP contribution in [-0.4, -0.2) is 39.6 Å². The fourth-order valence-electron chi connectivity index (χ4n) is 1.39. The van der Waals surface area contributed by atoms with E-state index < -0.39 is 15.9 Å². The lowest BCUT2D eigenvalue weighted by Gasteiger charge is -2.02. The quantitative estimate of drug-likeness (QED) is 0.587. The van der Waals surface area contributed by atoms with Crippen LogP contribution in [0.5, 0.6) is 0 Å². The summed E-state index contributed by atoms with van der Waals surface area (Å²) in [6.45, 7) is 0.588. The van der Waals surface area contributed by atoms with Gasteiger partial charge in [-0.1, -0.05) is 0 Å². The highest BCUT2D eigenvalue weighted by molar-refractivity contribution is 7.89. The lowest BCUT2D eigenvalue weighted by atomic mass is 10.2. The van der Waals surface area contributed by atoms with Gasteiger partial charge in [-0.15, -0.1) is 0 Å². The number of unbranched alkanes of at least 4 members (excludes halogenated alkanes) is 2. The highest BCUT2D eigenvalue weighted by Gasteiger charge is 2.19. The molecular weight excluding hydrogens is 272 g/mol. The molecule has 0 fully saturated rings. The molecule has 108 valence electrons. The third-order valence-corrected chi connectivity index (χ3v) is 3.75. The molecular formula is C11H18N2O5S. The molecule has 0 bridgehead atoms. The molecule has 0 saturated heterocycles. The number of hydrogen-bond donors (Lipinski definition) is 3. The molecule has 8 heteroatoms. The van der Waals surface area contributed by atoms with Crippen LogP contribution in [0.2, 0.25) is 0 Å². The lowest BCUT2D eigenvalue weighted by molar-refractivity contribution is 0.0920. The van der Waals surface area contributed by atoms with E-state index in [1.54, 1.807) is 0 Å².